The van der Waals surface area contributed by atoms with Crippen LogP contribution in [0.1, 0.15) is 12.0 Å². The summed E-state index contributed by atoms with van der Waals surface area (Å²) in [7, 11) is 0. The summed E-state index contributed by atoms with van der Waals surface area (Å²) in [6.07, 6.45) is 1.11. The smallest absolute Gasteiger partial charge is 0.138 e. The Morgan fingerprint density at radius 3 is 3.12 bits per heavy atom. The normalized spacial score (nSPS) is 20.2. The highest BCUT2D eigenvalue weighted by Crippen LogP contribution is 2.14. The second kappa shape index (κ2) is 6.43. The van der Waals surface area contributed by atoms with E-state index in [1.165, 1.54) is 0 Å². The summed E-state index contributed by atoms with van der Waals surface area (Å²) < 4.78 is 0. The zero-order valence-electron chi connectivity index (χ0n) is 9.62. The first kappa shape index (κ1) is 12.9. The van der Waals surface area contributed by atoms with E-state index >= 15 is 0 Å². The lowest BCUT2D eigenvalue weighted by molar-refractivity contribution is -0.118. The molecule has 1 aromatic rings. The summed E-state index contributed by atoms with van der Waals surface area (Å²) in [6, 6.07) is 7.88. The van der Waals surface area contributed by atoms with Gasteiger partial charge in [-0.25, -0.2) is 0 Å². The quantitative estimate of drug-likeness (QED) is 0.911. The fraction of sp³-hybridized carbons (Fsp3) is 0.462. The molecule has 2 rings (SSSR count). The van der Waals surface area contributed by atoms with Crippen molar-refractivity contribution in [1.29, 1.82) is 0 Å². The predicted octanol–water partition coefficient (Wildman–Crippen LogP) is 2.55. The van der Waals surface area contributed by atoms with Crippen LogP contribution in [0.3, 0.4) is 0 Å². The minimum absolute atomic E-state index is 0.285. The highest BCUT2D eigenvalue weighted by molar-refractivity contribution is 7.99. The van der Waals surface area contributed by atoms with Gasteiger partial charge < -0.3 is 5.32 Å². The van der Waals surface area contributed by atoms with E-state index in [1.54, 1.807) is 0 Å². The van der Waals surface area contributed by atoms with E-state index in [2.05, 4.69) is 5.32 Å². The van der Waals surface area contributed by atoms with Gasteiger partial charge in [0.2, 0.25) is 0 Å². The Labute approximate surface area is 111 Å². The molecule has 1 aliphatic heterocycles. The number of rotatable bonds is 4. The van der Waals surface area contributed by atoms with Crippen LogP contribution in [0.15, 0.2) is 24.3 Å². The number of halogens is 1. The van der Waals surface area contributed by atoms with E-state index in [4.69, 9.17) is 11.6 Å². The maximum Gasteiger partial charge on any atom is 0.138 e. The summed E-state index contributed by atoms with van der Waals surface area (Å²) in [5.74, 6) is 2.48. The molecule has 17 heavy (non-hydrogen) atoms. The molecule has 4 heteroatoms. The number of Topliss-reactive ketones (excluding diaryl/α,β-unsaturated/α-hetero) is 1. The molecule has 1 atom stereocenters. The Morgan fingerprint density at radius 2 is 2.41 bits per heavy atom. The fourth-order valence-corrected chi connectivity index (χ4v) is 3.13. The minimum atomic E-state index is 0.285. The molecule has 0 aromatic heterocycles. The molecular formula is C13H16ClNOS. The lowest BCUT2D eigenvalue weighted by Crippen LogP contribution is -2.39. The van der Waals surface area contributed by atoms with Crippen LogP contribution >= 0.6 is 23.4 Å². The molecule has 1 unspecified atom stereocenters. The molecule has 2 nitrogen and oxygen atoms in total. The molecule has 92 valence electrons. The molecule has 0 amide bonds. The van der Waals surface area contributed by atoms with Gasteiger partial charge in [-0.05, 0) is 17.7 Å². The van der Waals surface area contributed by atoms with E-state index in [0.29, 0.717) is 23.9 Å². The predicted molar refractivity (Wildman–Crippen MR) is 73.9 cm³/mol. The number of ketones is 1. The van der Waals surface area contributed by atoms with Crippen LogP contribution in [-0.4, -0.2) is 29.9 Å². The van der Waals surface area contributed by atoms with Crippen molar-refractivity contribution < 1.29 is 4.79 Å². The van der Waals surface area contributed by atoms with Crippen molar-refractivity contribution in [3.05, 3.63) is 34.9 Å². The molecule has 1 aliphatic rings. The summed E-state index contributed by atoms with van der Waals surface area (Å²) in [5.41, 5.74) is 1.01. The van der Waals surface area contributed by atoms with Crippen molar-refractivity contribution in [2.75, 3.05) is 18.1 Å². The molecule has 1 saturated heterocycles. The van der Waals surface area contributed by atoms with E-state index in [-0.39, 0.29) is 5.78 Å². The summed E-state index contributed by atoms with van der Waals surface area (Å²) >= 11 is 7.81. The third kappa shape index (κ3) is 4.34. The van der Waals surface area contributed by atoms with E-state index in [9.17, 15) is 4.79 Å². The van der Waals surface area contributed by atoms with Crippen molar-refractivity contribution in [1.82, 2.24) is 5.32 Å². The molecule has 0 aliphatic carbocycles. The van der Waals surface area contributed by atoms with Crippen LogP contribution in [0.2, 0.25) is 5.02 Å². The molecule has 0 spiro atoms. The standard InChI is InChI=1S/C13H16ClNOS/c14-11-3-1-2-10(6-11)7-13(16)8-12-9-17-5-4-15-12/h1-3,6,12,15H,4-5,7-9H2. The van der Waals surface area contributed by atoms with Crippen LogP contribution < -0.4 is 5.32 Å². The molecule has 0 saturated carbocycles. The number of benzene rings is 1. The Hall–Kier alpha value is -0.510. The van der Waals surface area contributed by atoms with Gasteiger partial charge in [0.05, 0.1) is 0 Å². The second-order valence-electron chi connectivity index (χ2n) is 4.28. The molecule has 1 N–H and O–H groups in total. The number of thioether (sulfide) groups is 1. The molecule has 1 heterocycles. The average molecular weight is 270 g/mol. The van der Waals surface area contributed by atoms with Crippen LogP contribution in [0.5, 0.6) is 0 Å². The van der Waals surface area contributed by atoms with Gasteiger partial charge in [0.15, 0.2) is 0 Å². The van der Waals surface area contributed by atoms with Crippen molar-refractivity contribution in [3.8, 4) is 0 Å². The summed E-state index contributed by atoms with van der Waals surface area (Å²) in [4.78, 5) is 11.9. The molecule has 0 bridgehead atoms. The molecule has 0 radical (unpaired) electrons. The lowest BCUT2D eigenvalue weighted by Gasteiger charge is -2.22. The number of hydrogen-bond acceptors (Lipinski definition) is 3. The summed E-state index contributed by atoms with van der Waals surface area (Å²) in [6.45, 7) is 1.01. The van der Waals surface area contributed by atoms with Gasteiger partial charge in [-0.2, -0.15) is 11.8 Å². The zero-order chi connectivity index (χ0) is 12.1. The number of nitrogens with one attached hydrogen (secondary N) is 1. The van der Waals surface area contributed by atoms with Crippen LogP contribution in [0.4, 0.5) is 0 Å². The molecular weight excluding hydrogens is 254 g/mol. The average Bonchev–Trinajstić information content (AvgIpc) is 2.30. The maximum absolute atomic E-state index is 11.9. The highest BCUT2D eigenvalue weighted by atomic mass is 35.5. The SMILES string of the molecule is O=C(Cc1cccc(Cl)c1)CC1CSCCN1. The minimum Gasteiger partial charge on any atom is -0.312 e. The largest absolute Gasteiger partial charge is 0.312 e. The lowest BCUT2D eigenvalue weighted by atomic mass is 10.0. The van der Waals surface area contributed by atoms with Gasteiger partial charge in [0, 0.05) is 42.0 Å². The molecule has 1 fully saturated rings. The first-order valence-corrected chi connectivity index (χ1v) is 7.34. The van der Waals surface area contributed by atoms with Crippen molar-refractivity contribution in [2.45, 2.75) is 18.9 Å². The van der Waals surface area contributed by atoms with Gasteiger partial charge in [0.1, 0.15) is 5.78 Å². The Bertz CT molecular complexity index is 391. The fourth-order valence-electron chi connectivity index (χ4n) is 1.97. The number of carbonyl (C=O) groups is 1. The first-order valence-electron chi connectivity index (χ1n) is 5.81. The zero-order valence-corrected chi connectivity index (χ0v) is 11.2. The number of hydrogen-bond donors (Lipinski definition) is 1. The van der Waals surface area contributed by atoms with Crippen molar-refractivity contribution >= 4 is 29.1 Å². The van der Waals surface area contributed by atoms with Crippen molar-refractivity contribution in [2.24, 2.45) is 0 Å². The van der Waals surface area contributed by atoms with Gasteiger partial charge in [-0.1, -0.05) is 23.7 Å². The van der Waals surface area contributed by atoms with Crippen LogP contribution in [0.25, 0.3) is 0 Å². The Kier molecular flexibility index (Phi) is 4.89. The summed E-state index contributed by atoms with van der Waals surface area (Å²) in [5, 5.41) is 4.08. The highest BCUT2D eigenvalue weighted by Gasteiger charge is 2.16. The molecule has 1 aromatic carbocycles. The first-order chi connectivity index (χ1) is 8.24. The Balaban J connectivity index is 1.84. The van der Waals surface area contributed by atoms with Crippen LogP contribution in [0, 0.1) is 0 Å². The van der Waals surface area contributed by atoms with Gasteiger partial charge in [-0.15, -0.1) is 0 Å². The third-order valence-corrected chi connectivity index (χ3v) is 4.13. The monoisotopic (exact) mass is 269 g/mol. The van der Waals surface area contributed by atoms with Crippen LogP contribution in [-0.2, 0) is 11.2 Å². The third-order valence-electron chi connectivity index (χ3n) is 2.76. The topological polar surface area (TPSA) is 29.1 Å². The van der Waals surface area contributed by atoms with E-state index in [0.717, 1.165) is 23.6 Å². The Morgan fingerprint density at radius 1 is 1.53 bits per heavy atom. The van der Waals surface area contributed by atoms with Gasteiger partial charge in [0.25, 0.3) is 0 Å². The second-order valence-corrected chi connectivity index (χ2v) is 5.86. The van der Waals surface area contributed by atoms with E-state index < -0.39 is 0 Å². The van der Waals surface area contributed by atoms with Gasteiger partial charge in [-0.3, -0.25) is 4.79 Å². The number of carbonyl (C=O) groups excluding carboxylic acids is 1. The van der Waals surface area contributed by atoms with Crippen molar-refractivity contribution in [3.63, 3.8) is 0 Å². The van der Waals surface area contributed by atoms with Gasteiger partial charge >= 0.3 is 0 Å². The maximum atomic E-state index is 11.9. The van der Waals surface area contributed by atoms with E-state index in [1.807, 2.05) is 36.0 Å².